The van der Waals surface area contributed by atoms with Gasteiger partial charge in [0.25, 0.3) is 0 Å². The van der Waals surface area contributed by atoms with Gasteiger partial charge >= 0.3 is 0 Å². The zero-order chi connectivity index (χ0) is 10.9. The first-order chi connectivity index (χ1) is 7.07. The van der Waals surface area contributed by atoms with E-state index in [-0.39, 0.29) is 0 Å². The van der Waals surface area contributed by atoms with E-state index < -0.39 is 0 Å². The summed E-state index contributed by atoms with van der Waals surface area (Å²) in [4.78, 5) is 7.02. The van der Waals surface area contributed by atoms with Crippen LogP contribution in [0.1, 0.15) is 38.6 Å². The minimum absolute atomic E-state index is 0.304. The second-order valence-corrected chi connectivity index (χ2v) is 6.27. The molecule has 2 nitrogen and oxygen atoms in total. The summed E-state index contributed by atoms with van der Waals surface area (Å²) in [6, 6.07) is 0.705. The molecule has 1 fully saturated rings. The van der Waals surface area contributed by atoms with Crippen molar-refractivity contribution in [3.8, 4) is 0 Å². The van der Waals surface area contributed by atoms with Crippen LogP contribution in [-0.2, 0) is 6.42 Å². The van der Waals surface area contributed by atoms with Gasteiger partial charge in [-0.3, -0.25) is 4.90 Å². The largest absolute Gasteiger partial charge is 0.295 e. The second kappa shape index (κ2) is 4.22. The van der Waals surface area contributed by atoms with Gasteiger partial charge in [0.05, 0.1) is 5.01 Å². The van der Waals surface area contributed by atoms with Gasteiger partial charge in [-0.25, -0.2) is 4.98 Å². The standard InChI is InChI=1S/C12H20N2S/c1-12(2,3)14-7-4-5-10(14)9-11-13-6-8-15-11/h6,8,10H,4-5,7,9H2,1-3H3. The summed E-state index contributed by atoms with van der Waals surface area (Å²) in [6.07, 6.45) is 5.72. The average molecular weight is 224 g/mol. The second-order valence-electron chi connectivity index (χ2n) is 5.29. The molecule has 0 amide bonds. The lowest BCUT2D eigenvalue weighted by Crippen LogP contribution is -2.45. The van der Waals surface area contributed by atoms with Crippen LogP contribution in [0.5, 0.6) is 0 Å². The summed E-state index contributed by atoms with van der Waals surface area (Å²) < 4.78 is 0. The zero-order valence-corrected chi connectivity index (χ0v) is 10.7. The maximum Gasteiger partial charge on any atom is 0.0940 e. The lowest BCUT2D eigenvalue weighted by atomic mass is 10.0. The molecule has 3 heteroatoms. The van der Waals surface area contributed by atoms with E-state index in [9.17, 15) is 0 Å². The molecule has 1 aliphatic rings. The Morgan fingerprint density at radius 1 is 1.53 bits per heavy atom. The Labute approximate surface area is 96.3 Å². The van der Waals surface area contributed by atoms with Gasteiger partial charge in [0.2, 0.25) is 0 Å². The van der Waals surface area contributed by atoms with Crippen molar-refractivity contribution < 1.29 is 0 Å². The maximum absolute atomic E-state index is 4.39. The molecule has 0 bridgehead atoms. The predicted octanol–water partition coefficient (Wildman–Crippen LogP) is 2.95. The lowest BCUT2D eigenvalue weighted by Gasteiger charge is -2.36. The van der Waals surface area contributed by atoms with Gasteiger partial charge < -0.3 is 0 Å². The Bertz CT molecular complexity index is 300. The molecule has 15 heavy (non-hydrogen) atoms. The van der Waals surface area contributed by atoms with Crippen molar-refractivity contribution in [1.82, 2.24) is 9.88 Å². The molecule has 2 heterocycles. The summed E-state index contributed by atoms with van der Waals surface area (Å²) in [7, 11) is 0. The van der Waals surface area contributed by atoms with E-state index in [1.807, 2.05) is 6.20 Å². The average Bonchev–Trinajstić information content (AvgIpc) is 2.73. The van der Waals surface area contributed by atoms with E-state index in [1.165, 1.54) is 24.4 Å². The van der Waals surface area contributed by atoms with Crippen molar-refractivity contribution in [3.05, 3.63) is 16.6 Å². The number of hydrogen-bond donors (Lipinski definition) is 0. The Balaban J connectivity index is 2.03. The highest BCUT2D eigenvalue weighted by Crippen LogP contribution is 2.28. The fourth-order valence-electron chi connectivity index (χ4n) is 2.49. The van der Waals surface area contributed by atoms with Crippen molar-refractivity contribution >= 4 is 11.3 Å². The van der Waals surface area contributed by atoms with E-state index >= 15 is 0 Å². The van der Waals surface area contributed by atoms with Crippen molar-refractivity contribution in [1.29, 1.82) is 0 Å². The Kier molecular flexibility index (Phi) is 3.12. The minimum Gasteiger partial charge on any atom is -0.295 e. The first kappa shape index (κ1) is 11.1. The monoisotopic (exact) mass is 224 g/mol. The topological polar surface area (TPSA) is 16.1 Å². The molecule has 0 saturated carbocycles. The first-order valence-corrected chi connectivity index (χ1v) is 6.60. The molecule has 0 aromatic carbocycles. The molecular formula is C12H20N2S. The van der Waals surface area contributed by atoms with E-state index in [4.69, 9.17) is 0 Å². The number of nitrogens with zero attached hydrogens (tertiary/aromatic N) is 2. The Hall–Kier alpha value is -0.410. The van der Waals surface area contributed by atoms with Crippen molar-refractivity contribution in [2.24, 2.45) is 0 Å². The molecule has 1 aliphatic heterocycles. The summed E-state index contributed by atoms with van der Waals surface area (Å²) in [6.45, 7) is 8.19. The van der Waals surface area contributed by atoms with Gasteiger partial charge in [0.1, 0.15) is 0 Å². The molecule has 0 spiro atoms. The third kappa shape index (κ3) is 2.58. The lowest BCUT2D eigenvalue weighted by molar-refractivity contribution is 0.121. The van der Waals surface area contributed by atoms with E-state index in [0.717, 1.165) is 6.42 Å². The van der Waals surface area contributed by atoms with Gasteiger partial charge in [0.15, 0.2) is 0 Å². The number of rotatable bonds is 2. The number of hydrogen-bond acceptors (Lipinski definition) is 3. The van der Waals surface area contributed by atoms with E-state index in [1.54, 1.807) is 11.3 Å². The summed E-state index contributed by atoms with van der Waals surface area (Å²) in [5, 5.41) is 3.36. The fraction of sp³-hybridized carbons (Fsp3) is 0.750. The molecule has 84 valence electrons. The van der Waals surface area contributed by atoms with Gasteiger partial charge in [-0.2, -0.15) is 0 Å². The highest BCUT2D eigenvalue weighted by atomic mass is 32.1. The van der Waals surface area contributed by atoms with Crippen LogP contribution in [-0.4, -0.2) is 28.0 Å². The molecule has 0 aliphatic carbocycles. The molecule has 1 aromatic heterocycles. The number of thiazole rings is 1. The van der Waals surface area contributed by atoms with E-state index in [2.05, 4.69) is 36.0 Å². The number of likely N-dealkylation sites (tertiary alicyclic amines) is 1. The highest BCUT2D eigenvalue weighted by Gasteiger charge is 2.32. The third-order valence-corrected chi connectivity index (χ3v) is 3.93. The van der Waals surface area contributed by atoms with Gasteiger partial charge in [-0.05, 0) is 40.2 Å². The fourth-order valence-corrected chi connectivity index (χ4v) is 3.18. The van der Waals surface area contributed by atoms with Crippen LogP contribution < -0.4 is 0 Å². The van der Waals surface area contributed by atoms with Crippen LogP contribution in [0.2, 0.25) is 0 Å². The smallest absolute Gasteiger partial charge is 0.0940 e. The quantitative estimate of drug-likeness (QED) is 0.768. The minimum atomic E-state index is 0.304. The van der Waals surface area contributed by atoms with Crippen molar-refractivity contribution in [2.75, 3.05) is 6.54 Å². The molecule has 1 saturated heterocycles. The summed E-state index contributed by atoms with van der Waals surface area (Å²) >= 11 is 1.78. The molecule has 0 radical (unpaired) electrons. The van der Waals surface area contributed by atoms with Crippen LogP contribution in [0, 0.1) is 0 Å². The van der Waals surface area contributed by atoms with E-state index in [0.29, 0.717) is 11.6 Å². The SMILES string of the molecule is CC(C)(C)N1CCCC1Cc1nccs1. The molecule has 0 N–H and O–H groups in total. The van der Waals surface area contributed by atoms with Crippen LogP contribution in [0.3, 0.4) is 0 Å². The summed E-state index contributed by atoms with van der Waals surface area (Å²) in [5.41, 5.74) is 0.304. The van der Waals surface area contributed by atoms with Gasteiger partial charge in [-0.15, -0.1) is 11.3 Å². The molecule has 1 aromatic rings. The van der Waals surface area contributed by atoms with Crippen LogP contribution in [0.15, 0.2) is 11.6 Å². The summed E-state index contributed by atoms with van der Waals surface area (Å²) in [5.74, 6) is 0. The Morgan fingerprint density at radius 2 is 2.33 bits per heavy atom. The zero-order valence-electron chi connectivity index (χ0n) is 9.86. The number of aromatic nitrogens is 1. The van der Waals surface area contributed by atoms with Crippen molar-refractivity contribution in [2.45, 2.75) is 51.6 Å². The third-order valence-electron chi connectivity index (χ3n) is 3.13. The van der Waals surface area contributed by atoms with Crippen LogP contribution in [0.25, 0.3) is 0 Å². The molecule has 1 unspecified atom stereocenters. The molecule has 1 atom stereocenters. The normalized spacial score (nSPS) is 23.5. The van der Waals surface area contributed by atoms with Crippen LogP contribution in [0.4, 0.5) is 0 Å². The molecular weight excluding hydrogens is 204 g/mol. The Morgan fingerprint density at radius 3 is 2.93 bits per heavy atom. The van der Waals surface area contributed by atoms with Crippen molar-refractivity contribution in [3.63, 3.8) is 0 Å². The predicted molar refractivity (Wildman–Crippen MR) is 65.3 cm³/mol. The maximum atomic E-state index is 4.39. The van der Waals surface area contributed by atoms with Crippen LogP contribution >= 0.6 is 11.3 Å². The highest BCUT2D eigenvalue weighted by molar-refractivity contribution is 7.09. The molecule has 2 rings (SSSR count). The first-order valence-electron chi connectivity index (χ1n) is 5.72. The van der Waals surface area contributed by atoms with Gasteiger partial charge in [0, 0.05) is 29.6 Å². The van der Waals surface area contributed by atoms with Gasteiger partial charge in [-0.1, -0.05) is 0 Å².